The minimum Gasteiger partial charge on any atom is -0.481 e. The van der Waals surface area contributed by atoms with Gasteiger partial charge in [-0.2, -0.15) is 0 Å². The third-order valence-electron chi connectivity index (χ3n) is 4.86. The Morgan fingerprint density at radius 2 is 2.00 bits per heavy atom. The Balaban J connectivity index is 1.90. The highest BCUT2D eigenvalue weighted by atomic mass is 16.4. The van der Waals surface area contributed by atoms with E-state index in [4.69, 9.17) is 5.11 Å². The van der Waals surface area contributed by atoms with E-state index in [9.17, 15) is 9.59 Å². The molecule has 0 spiro atoms. The molecule has 2 fully saturated rings. The maximum atomic E-state index is 12.7. The first-order valence-electron chi connectivity index (χ1n) is 8.27. The molecule has 1 saturated heterocycles. The first kappa shape index (κ1) is 16.3. The number of amides is 1. The van der Waals surface area contributed by atoms with Crippen molar-refractivity contribution in [2.45, 2.75) is 76.9 Å². The molecule has 1 heterocycles. The number of rotatable bonds is 6. The number of carbonyl (C=O) groups excluding carboxylic acids is 1. The Kier molecular flexibility index (Phi) is 5.62. The predicted octanol–water partition coefficient (Wildman–Crippen LogP) is 2.01. The zero-order chi connectivity index (χ0) is 15.4. The van der Waals surface area contributed by atoms with Gasteiger partial charge in [-0.25, -0.2) is 0 Å². The van der Waals surface area contributed by atoms with E-state index in [1.54, 1.807) is 0 Å². The molecule has 1 aliphatic carbocycles. The maximum absolute atomic E-state index is 12.7. The second-order valence-corrected chi connectivity index (χ2v) is 6.73. The lowest BCUT2D eigenvalue weighted by molar-refractivity contribution is -0.139. The van der Waals surface area contributed by atoms with Crippen molar-refractivity contribution in [3.8, 4) is 0 Å². The summed E-state index contributed by atoms with van der Waals surface area (Å²) < 4.78 is 0. The lowest BCUT2D eigenvalue weighted by Crippen LogP contribution is -2.48. The standard InChI is InChI=1S/C16H28N2O3/c1-11(2)18(9-5-8-15(19)20)16(21)14-10-12-6-3-4-7-13(12)17-14/h11-14,17H,3-10H2,1-2H3,(H,19,20). The fourth-order valence-electron chi connectivity index (χ4n) is 3.73. The average Bonchev–Trinajstić information content (AvgIpc) is 2.86. The van der Waals surface area contributed by atoms with Gasteiger partial charge in [-0.15, -0.1) is 0 Å². The topological polar surface area (TPSA) is 69.6 Å². The Bertz CT molecular complexity index is 370. The van der Waals surface area contributed by atoms with Crippen molar-refractivity contribution >= 4 is 11.9 Å². The first-order valence-corrected chi connectivity index (χ1v) is 8.27. The van der Waals surface area contributed by atoms with E-state index in [-0.39, 0.29) is 24.4 Å². The second-order valence-electron chi connectivity index (χ2n) is 6.73. The normalized spacial score (nSPS) is 28.4. The van der Waals surface area contributed by atoms with Crippen molar-refractivity contribution in [2.75, 3.05) is 6.54 Å². The van der Waals surface area contributed by atoms with Crippen LogP contribution in [0.1, 0.15) is 58.8 Å². The van der Waals surface area contributed by atoms with E-state index in [1.807, 2.05) is 18.7 Å². The summed E-state index contributed by atoms with van der Waals surface area (Å²) in [6, 6.07) is 0.571. The van der Waals surface area contributed by atoms with E-state index < -0.39 is 5.97 Å². The number of nitrogens with zero attached hydrogens (tertiary/aromatic N) is 1. The van der Waals surface area contributed by atoms with Crippen LogP contribution in [-0.4, -0.2) is 46.6 Å². The van der Waals surface area contributed by atoms with Gasteiger partial charge in [0.15, 0.2) is 0 Å². The third-order valence-corrected chi connectivity index (χ3v) is 4.86. The van der Waals surface area contributed by atoms with E-state index in [1.165, 1.54) is 25.7 Å². The van der Waals surface area contributed by atoms with Crippen molar-refractivity contribution in [3.05, 3.63) is 0 Å². The number of hydrogen-bond donors (Lipinski definition) is 2. The number of aliphatic carboxylic acids is 1. The van der Waals surface area contributed by atoms with Crippen LogP contribution in [0.4, 0.5) is 0 Å². The van der Waals surface area contributed by atoms with Gasteiger partial charge in [0.25, 0.3) is 0 Å². The molecule has 0 radical (unpaired) electrons. The Hall–Kier alpha value is -1.10. The van der Waals surface area contributed by atoms with Crippen LogP contribution in [0.5, 0.6) is 0 Å². The van der Waals surface area contributed by atoms with Crippen LogP contribution in [0, 0.1) is 5.92 Å². The quantitative estimate of drug-likeness (QED) is 0.786. The summed E-state index contributed by atoms with van der Waals surface area (Å²) in [6.45, 7) is 4.54. The van der Waals surface area contributed by atoms with Gasteiger partial charge in [0.2, 0.25) is 5.91 Å². The minimum absolute atomic E-state index is 0.0645. The number of hydrogen-bond acceptors (Lipinski definition) is 3. The number of carboxylic acid groups (broad SMARTS) is 1. The molecule has 120 valence electrons. The first-order chi connectivity index (χ1) is 9.99. The van der Waals surface area contributed by atoms with Crippen molar-refractivity contribution in [2.24, 2.45) is 5.92 Å². The number of fused-ring (bicyclic) bond motifs is 1. The zero-order valence-electron chi connectivity index (χ0n) is 13.2. The van der Waals surface area contributed by atoms with Crippen molar-refractivity contribution in [1.82, 2.24) is 10.2 Å². The fraction of sp³-hybridized carbons (Fsp3) is 0.875. The zero-order valence-corrected chi connectivity index (χ0v) is 13.2. The van der Waals surface area contributed by atoms with Crippen molar-refractivity contribution < 1.29 is 14.7 Å². The van der Waals surface area contributed by atoms with Crippen molar-refractivity contribution in [1.29, 1.82) is 0 Å². The maximum Gasteiger partial charge on any atom is 0.303 e. The van der Waals surface area contributed by atoms with Crippen molar-refractivity contribution in [3.63, 3.8) is 0 Å². The van der Waals surface area contributed by atoms with Crippen LogP contribution in [-0.2, 0) is 9.59 Å². The summed E-state index contributed by atoms with van der Waals surface area (Å²) in [4.78, 5) is 25.2. The largest absolute Gasteiger partial charge is 0.481 e. The molecule has 2 N–H and O–H groups in total. The van der Waals surface area contributed by atoms with Gasteiger partial charge in [0.05, 0.1) is 6.04 Å². The number of carbonyl (C=O) groups is 2. The van der Waals surface area contributed by atoms with Crippen LogP contribution in [0.3, 0.4) is 0 Å². The lowest BCUT2D eigenvalue weighted by Gasteiger charge is -2.29. The van der Waals surface area contributed by atoms with Gasteiger partial charge in [-0.3, -0.25) is 9.59 Å². The molecule has 2 rings (SSSR count). The Morgan fingerprint density at radius 1 is 1.29 bits per heavy atom. The number of carboxylic acids is 1. The van der Waals surface area contributed by atoms with Crippen LogP contribution in [0.2, 0.25) is 0 Å². The molecule has 0 aromatic rings. The van der Waals surface area contributed by atoms with E-state index in [2.05, 4.69) is 5.32 Å². The predicted molar refractivity (Wildman–Crippen MR) is 81.0 cm³/mol. The molecule has 1 amide bonds. The minimum atomic E-state index is -0.795. The monoisotopic (exact) mass is 296 g/mol. The summed E-state index contributed by atoms with van der Waals surface area (Å²) in [5.74, 6) is 0.0155. The van der Waals surface area contributed by atoms with Crippen LogP contribution in [0.15, 0.2) is 0 Å². The third kappa shape index (κ3) is 4.19. The van der Waals surface area contributed by atoms with Gasteiger partial charge in [0.1, 0.15) is 0 Å². The smallest absolute Gasteiger partial charge is 0.303 e. The molecular weight excluding hydrogens is 268 g/mol. The SMILES string of the molecule is CC(C)N(CCCC(=O)O)C(=O)C1CC2CCCCC2N1. The highest BCUT2D eigenvalue weighted by Gasteiger charge is 2.39. The summed E-state index contributed by atoms with van der Waals surface area (Å²) >= 11 is 0. The van der Waals surface area contributed by atoms with E-state index >= 15 is 0 Å². The molecule has 5 nitrogen and oxygen atoms in total. The molecular formula is C16H28N2O3. The Morgan fingerprint density at radius 3 is 2.62 bits per heavy atom. The van der Waals surface area contributed by atoms with Crippen LogP contribution in [0.25, 0.3) is 0 Å². The van der Waals surface area contributed by atoms with Gasteiger partial charge in [-0.05, 0) is 45.4 Å². The lowest BCUT2D eigenvalue weighted by atomic mass is 9.85. The summed E-state index contributed by atoms with van der Waals surface area (Å²) in [7, 11) is 0. The van der Waals surface area contributed by atoms with Gasteiger partial charge in [0, 0.05) is 25.0 Å². The van der Waals surface area contributed by atoms with Crippen LogP contribution < -0.4 is 5.32 Å². The average molecular weight is 296 g/mol. The highest BCUT2D eigenvalue weighted by molar-refractivity contribution is 5.82. The van der Waals surface area contributed by atoms with E-state index in [0.717, 1.165) is 6.42 Å². The summed E-state index contributed by atoms with van der Waals surface area (Å²) in [6.07, 6.45) is 6.58. The Labute approximate surface area is 127 Å². The molecule has 2 aliphatic rings. The molecule has 0 bridgehead atoms. The van der Waals surface area contributed by atoms with Gasteiger partial charge < -0.3 is 15.3 Å². The number of nitrogens with one attached hydrogen (secondary N) is 1. The summed E-state index contributed by atoms with van der Waals surface area (Å²) in [5.41, 5.74) is 0. The molecule has 5 heteroatoms. The van der Waals surface area contributed by atoms with E-state index in [0.29, 0.717) is 24.9 Å². The molecule has 0 aromatic heterocycles. The fourth-order valence-corrected chi connectivity index (χ4v) is 3.73. The molecule has 1 saturated carbocycles. The molecule has 3 unspecified atom stereocenters. The molecule has 3 atom stereocenters. The molecule has 21 heavy (non-hydrogen) atoms. The highest BCUT2D eigenvalue weighted by Crippen LogP contribution is 2.33. The molecule has 1 aliphatic heterocycles. The van der Waals surface area contributed by atoms with Crippen LogP contribution >= 0.6 is 0 Å². The second kappa shape index (κ2) is 7.25. The van der Waals surface area contributed by atoms with Gasteiger partial charge >= 0.3 is 5.97 Å². The van der Waals surface area contributed by atoms with Gasteiger partial charge in [-0.1, -0.05) is 12.8 Å². The summed E-state index contributed by atoms with van der Waals surface area (Å²) in [5, 5.41) is 12.3. The molecule has 0 aromatic carbocycles.